The molecule has 1 aromatic heterocycles. The molecule has 200 valence electrons. The van der Waals surface area contributed by atoms with Crippen molar-refractivity contribution in [2.24, 2.45) is 0 Å². The monoisotopic (exact) mass is 526 g/mol. The summed E-state index contributed by atoms with van der Waals surface area (Å²) in [6.45, 7) is 0.670. The van der Waals surface area contributed by atoms with E-state index in [1.54, 1.807) is 25.3 Å². The molecule has 10 heteroatoms. The molecule has 0 saturated carbocycles. The third kappa shape index (κ3) is 5.90. The molecule has 1 aliphatic rings. The number of rotatable bonds is 6. The van der Waals surface area contributed by atoms with Crippen molar-refractivity contribution < 1.29 is 27.5 Å². The highest BCUT2D eigenvalue weighted by Crippen LogP contribution is 2.34. The maximum Gasteiger partial charge on any atom is 0.418 e. The van der Waals surface area contributed by atoms with Gasteiger partial charge in [0.25, 0.3) is 11.8 Å². The molecule has 0 bridgehead atoms. The molecule has 1 fully saturated rings. The van der Waals surface area contributed by atoms with E-state index in [4.69, 9.17) is 4.74 Å². The minimum absolute atomic E-state index is 0.152. The minimum atomic E-state index is -4.64. The van der Waals surface area contributed by atoms with Crippen molar-refractivity contribution in [1.82, 2.24) is 9.88 Å². The minimum Gasteiger partial charge on any atom is -0.495 e. The van der Waals surface area contributed by atoms with Gasteiger partial charge in [-0.1, -0.05) is 12.1 Å². The number of hydrogen-bond acceptors (Lipinski definition) is 5. The fraction of sp³-hybridized carbons (Fsp3) is 0.321. The van der Waals surface area contributed by atoms with Gasteiger partial charge in [-0.05, 0) is 66.8 Å². The van der Waals surface area contributed by atoms with Crippen LogP contribution in [0.5, 0.6) is 5.75 Å². The molecule has 7 nitrogen and oxygen atoms in total. The number of halogens is 3. The smallest absolute Gasteiger partial charge is 0.418 e. The molecule has 0 unspecified atom stereocenters. The number of nitrogens with one attached hydrogen (secondary N) is 1. The zero-order valence-electron chi connectivity index (χ0n) is 21.4. The number of hydrogen-bond donors (Lipinski definition) is 1. The number of ether oxygens (including phenoxy) is 1. The predicted molar refractivity (Wildman–Crippen MR) is 139 cm³/mol. The van der Waals surface area contributed by atoms with E-state index in [-0.39, 0.29) is 11.8 Å². The van der Waals surface area contributed by atoms with E-state index in [0.717, 1.165) is 17.3 Å². The first-order chi connectivity index (χ1) is 18.1. The Morgan fingerprint density at radius 3 is 2.34 bits per heavy atom. The standard InChI is InChI=1S/C28H29F3N4O3/c1-34(2)23-17-20(8-11-24(23)38-3)26(36)33-21-9-6-18(7-10-21)19-12-15-35(16-13-19)27(37)25-22(28(29,30)31)5-4-14-32-25/h4-11,14,17,19H,12-13,15-16H2,1-3H3,(H,33,36). The molecule has 3 aromatic rings. The fourth-order valence-electron chi connectivity index (χ4n) is 4.59. The number of methoxy groups -OCH3 is 1. The number of benzene rings is 2. The van der Waals surface area contributed by atoms with E-state index in [9.17, 15) is 22.8 Å². The molecule has 38 heavy (non-hydrogen) atoms. The van der Waals surface area contributed by atoms with Gasteiger partial charge in [0, 0.05) is 44.6 Å². The third-order valence-electron chi connectivity index (χ3n) is 6.66. The lowest BCUT2D eigenvalue weighted by Gasteiger charge is -2.32. The molecule has 1 aliphatic heterocycles. The van der Waals surface area contributed by atoms with Crippen LogP contribution in [0.3, 0.4) is 0 Å². The van der Waals surface area contributed by atoms with Gasteiger partial charge in [0.15, 0.2) is 0 Å². The van der Waals surface area contributed by atoms with Crippen molar-refractivity contribution in [1.29, 1.82) is 0 Å². The second-order valence-electron chi connectivity index (χ2n) is 9.32. The van der Waals surface area contributed by atoms with Crippen LogP contribution in [0.4, 0.5) is 24.5 Å². The molecule has 0 aliphatic carbocycles. The van der Waals surface area contributed by atoms with E-state index in [1.165, 1.54) is 17.2 Å². The maximum atomic E-state index is 13.3. The number of piperidine rings is 1. The Morgan fingerprint density at radius 1 is 1.05 bits per heavy atom. The summed E-state index contributed by atoms with van der Waals surface area (Å²) in [7, 11) is 5.32. The molecular weight excluding hydrogens is 497 g/mol. The Morgan fingerprint density at radius 2 is 1.74 bits per heavy atom. The lowest BCUT2D eigenvalue weighted by molar-refractivity contribution is -0.138. The summed E-state index contributed by atoms with van der Waals surface area (Å²) in [5.74, 6) is -0.128. The van der Waals surface area contributed by atoms with Crippen molar-refractivity contribution in [3.8, 4) is 5.75 Å². The van der Waals surface area contributed by atoms with Gasteiger partial charge in [-0.15, -0.1) is 0 Å². The zero-order chi connectivity index (χ0) is 27.4. The molecule has 2 amide bonds. The normalized spacial score (nSPS) is 14.2. The Hall–Kier alpha value is -4.08. The second kappa shape index (κ2) is 11.1. The van der Waals surface area contributed by atoms with Crippen LogP contribution in [0.25, 0.3) is 0 Å². The van der Waals surface area contributed by atoms with Gasteiger partial charge in [0.1, 0.15) is 11.4 Å². The molecule has 4 rings (SSSR count). The largest absolute Gasteiger partial charge is 0.495 e. The molecule has 1 saturated heterocycles. The highest BCUT2D eigenvalue weighted by molar-refractivity contribution is 6.05. The second-order valence-corrected chi connectivity index (χ2v) is 9.32. The van der Waals surface area contributed by atoms with Crippen molar-refractivity contribution in [3.63, 3.8) is 0 Å². The quantitative estimate of drug-likeness (QED) is 0.463. The summed E-state index contributed by atoms with van der Waals surface area (Å²) in [4.78, 5) is 32.6. The van der Waals surface area contributed by atoms with E-state index in [2.05, 4.69) is 10.3 Å². The highest BCUT2D eigenvalue weighted by atomic mass is 19.4. The summed E-state index contributed by atoms with van der Waals surface area (Å²) in [5.41, 5.74) is 1.40. The lowest BCUT2D eigenvalue weighted by atomic mass is 9.89. The highest BCUT2D eigenvalue weighted by Gasteiger charge is 2.37. The summed E-state index contributed by atoms with van der Waals surface area (Å²) >= 11 is 0. The SMILES string of the molecule is COc1ccc(C(=O)Nc2ccc(C3CCN(C(=O)c4ncccc4C(F)(F)F)CC3)cc2)cc1N(C)C. The number of likely N-dealkylation sites (tertiary alicyclic amines) is 1. The number of anilines is 2. The van der Waals surface area contributed by atoms with Gasteiger partial charge in [-0.2, -0.15) is 13.2 Å². The van der Waals surface area contributed by atoms with Gasteiger partial charge >= 0.3 is 6.18 Å². The molecule has 0 atom stereocenters. The van der Waals surface area contributed by atoms with Gasteiger partial charge in [-0.25, -0.2) is 0 Å². The Balaban J connectivity index is 1.37. The van der Waals surface area contributed by atoms with Gasteiger partial charge in [0.2, 0.25) is 0 Å². The summed E-state index contributed by atoms with van der Waals surface area (Å²) in [6, 6.07) is 14.8. The molecule has 2 aromatic carbocycles. The Labute approximate surface area is 219 Å². The first-order valence-corrected chi connectivity index (χ1v) is 12.2. The average Bonchev–Trinajstić information content (AvgIpc) is 2.92. The number of alkyl halides is 3. The van der Waals surface area contributed by atoms with Crippen molar-refractivity contribution in [2.75, 3.05) is 44.5 Å². The van der Waals surface area contributed by atoms with Crippen LogP contribution in [0.1, 0.15) is 50.7 Å². The van der Waals surface area contributed by atoms with Crippen LogP contribution in [0, 0.1) is 0 Å². The van der Waals surface area contributed by atoms with Crippen LogP contribution < -0.4 is 15.0 Å². The summed E-state index contributed by atoms with van der Waals surface area (Å²) < 4.78 is 45.3. The number of pyridine rings is 1. The number of amides is 2. The fourth-order valence-corrected chi connectivity index (χ4v) is 4.59. The molecule has 2 heterocycles. The lowest BCUT2D eigenvalue weighted by Crippen LogP contribution is -2.39. The van der Waals surface area contributed by atoms with Crippen LogP contribution in [-0.4, -0.2) is 56.0 Å². The summed E-state index contributed by atoms with van der Waals surface area (Å²) in [6.07, 6.45) is -2.21. The first kappa shape index (κ1) is 27.0. The van der Waals surface area contributed by atoms with E-state index in [0.29, 0.717) is 42.9 Å². The first-order valence-electron chi connectivity index (χ1n) is 12.2. The van der Waals surface area contributed by atoms with Crippen LogP contribution in [0.15, 0.2) is 60.8 Å². The van der Waals surface area contributed by atoms with Crippen LogP contribution in [-0.2, 0) is 6.18 Å². The topological polar surface area (TPSA) is 74.8 Å². The van der Waals surface area contributed by atoms with Crippen molar-refractivity contribution in [3.05, 3.63) is 83.2 Å². The zero-order valence-corrected chi connectivity index (χ0v) is 21.4. The van der Waals surface area contributed by atoms with E-state index in [1.807, 2.05) is 43.3 Å². The van der Waals surface area contributed by atoms with E-state index >= 15 is 0 Å². The Bertz CT molecular complexity index is 1300. The number of carbonyl (C=O) groups is 2. The third-order valence-corrected chi connectivity index (χ3v) is 6.66. The number of nitrogens with zero attached hydrogens (tertiary/aromatic N) is 3. The van der Waals surface area contributed by atoms with Crippen molar-refractivity contribution in [2.45, 2.75) is 24.9 Å². The van der Waals surface area contributed by atoms with Crippen LogP contribution >= 0.6 is 0 Å². The number of carbonyl (C=O) groups excluding carboxylic acids is 2. The Kier molecular flexibility index (Phi) is 7.89. The van der Waals surface area contributed by atoms with Gasteiger partial charge in [-0.3, -0.25) is 14.6 Å². The average molecular weight is 527 g/mol. The van der Waals surface area contributed by atoms with E-state index < -0.39 is 23.3 Å². The molecule has 1 N–H and O–H groups in total. The summed E-state index contributed by atoms with van der Waals surface area (Å²) in [5, 5.41) is 2.90. The maximum absolute atomic E-state index is 13.3. The molecule has 0 radical (unpaired) electrons. The van der Waals surface area contributed by atoms with Gasteiger partial charge in [0.05, 0.1) is 18.4 Å². The predicted octanol–water partition coefficient (Wildman–Crippen LogP) is 5.45. The molecular formula is C28H29F3N4O3. The van der Waals surface area contributed by atoms with Crippen molar-refractivity contribution >= 4 is 23.2 Å². The number of aromatic nitrogens is 1. The molecule has 0 spiro atoms. The van der Waals surface area contributed by atoms with Gasteiger partial charge < -0.3 is 19.9 Å². The van der Waals surface area contributed by atoms with Crippen LogP contribution in [0.2, 0.25) is 0 Å².